The molecular weight excluding hydrogens is 300 g/mol. The third-order valence-corrected chi connectivity index (χ3v) is 4.29. The van der Waals surface area contributed by atoms with Gasteiger partial charge < -0.3 is 14.8 Å². The Hall–Kier alpha value is -1.76. The molecule has 1 amide bonds. The number of nitrogens with one attached hydrogen (secondary N) is 1. The molecule has 1 aliphatic rings. The Balaban J connectivity index is 1.52. The fourth-order valence-electron chi connectivity index (χ4n) is 2.23. The van der Waals surface area contributed by atoms with Crippen molar-refractivity contribution in [2.24, 2.45) is 0 Å². The van der Waals surface area contributed by atoms with E-state index in [0.29, 0.717) is 25.6 Å². The normalized spacial score (nSPS) is 18.1. The van der Waals surface area contributed by atoms with Gasteiger partial charge in [-0.1, -0.05) is 30.3 Å². The second-order valence-corrected chi connectivity index (χ2v) is 6.04. The molecule has 1 aromatic heterocycles. The summed E-state index contributed by atoms with van der Waals surface area (Å²) in [5.74, 6) is -0.148. The summed E-state index contributed by atoms with van der Waals surface area (Å²) in [5, 5.41) is 5.62. The first-order valence-corrected chi connectivity index (χ1v) is 8.15. The van der Waals surface area contributed by atoms with Crippen LogP contribution in [0, 0.1) is 0 Å². The number of benzene rings is 1. The molecule has 0 saturated carbocycles. The smallest absolute Gasteiger partial charge is 0.270 e. The number of carbonyl (C=O) groups excluding carboxylic acids is 1. The lowest BCUT2D eigenvalue weighted by Crippen LogP contribution is -2.37. The quantitative estimate of drug-likeness (QED) is 0.918. The monoisotopic (exact) mass is 318 g/mol. The average Bonchev–Trinajstić information content (AvgIpc) is 3.03. The third-order valence-electron chi connectivity index (χ3n) is 3.44. The summed E-state index contributed by atoms with van der Waals surface area (Å²) in [6, 6.07) is 10.1. The van der Waals surface area contributed by atoms with Crippen molar-refractivity contribution >= 4 is 17.2 Å². The van der Waals surface area contributed by atoms with Crippen LogP contribution in [0.1, 0.15) is 27.5 Å². The molecule has 0 bridgehead atoms. The molecule has 6 heteroatoms. The molecule has 1 fully saturated rings. The molecule has 5 nitrogen and oxygen atoms in total. The minimum atomic E-state index is -0.148. The van der Waals surface area contributed by atoms with E-state index in [1.807, 2.05) is 18.2 Å². The molecule has 0 unspecified atom stereocenters. The highest BCUT2D eigenvalue weighted by Gasteiger charge is 2.17. The maximum absolute atomic E-state index is 12.1. The Kier molecular flexibility index (Phi) is 5.15. The number of ether oxygens (including phenoxy) is 2. The van der Waals surface area contributed by atoms with E-state index in [1.54, 1.807) is 5.38 Å². The Labute approximate surface area is 133 Å². The molecule has 22 heavy (non-hydrogen) atoms. The molecular formula is C16H18N2O3S. The highest BCUT2D eigenvalue weighted by atomic mass is 32.1. The van der Waals surface area contributed by atoms with Crippen LogP contribution in [0.5, 0.6) is 0 Å². The van der Waals surface area contributed by atoms with Crippen LogP contribution in [0.3, 0.4) is 0 Å². The minimum absolute atomic E-state index is 0.0279. The molecule has 1 aromatic carbocycles. The number of hydrogen-bond acceptors (Lipinski definition) is 5. The highest BCUT2D eigenvalue weighted by molar-refractivity contribution is 7.09. The van der Waals surface area contributed by atoms with Gasteiger partial charge >= 0.3 is 0 Å². The van der Waals surface area contributed by atoms with Crippen molar-refractivity contribution in [3.63, 3.8) is 0 Å². The number of hydrogen-bond donors (Lipinski definition) is 1. The first kappa shape index (κ1) is 15.1. The summed E-state index contributed by atoms with van der Waals surface area (Å²) in [5.41, 5.74) is 1.67. The standard InChI is InChI=1S/C16H18N2O3S/c19-16(17-9-13-6-7-20-11-21-13)14-10-22-15(18-14)8-12-4-2-1-3-5-12/h1-5,10,13H,6-9,11H2,(H,17,19)/t13-/m1/s1. The van der Waals surface area contributed by atoms with E-state index < -0.39 is 0 Å². The molecule has 0 aliphatic carbocycles. The van der Waals surface area contributed by atoms with Gasteiger partial charge in [0.1, 0.15) is 12.5 Å². The summed E-state index contributed by atoms with van der Waals surface area (Å²) in [6.45, 7) is 1.48. The summed E-state index contributed by atoms with van der Waals surface area (Å²) in [4.78, 5) is 16.5. The molecule has 2 heterocycles. The summed E-state index contributed by atoms with van der Waals surface area (Å²) < 4.78 is 10.5. The number of carbonyl (C=O) groups is 1. The molecule has 2 aromatic rings. The fourth-order valence-corrected chi connectivity index (χ4v) is 3.03. The first-order valence-electron chi connectivity index (χ1n) is 7.27. The van der Waals surface area contributed by atoms with Crippen LogP contribution in [0.2, 0.25) is 0 Å². The van der Waals surface area contributed by atoms with Gasteiger partial charge in [-0.3, -0.25) is 4.79 Å². The van der Waals surface area contributed by atoms with E-state index in [2.05, 4.69) is 22.4 Å². The zero-order valence-corrected chi connectivity index (χ0v) is 13.0. The second kappa shape index (κ2) is 7.49. The van der Waals surface area contributed by atoms with Gasteiger partial charge in [0.15, 0.2) is 0 Å². The molecule has 1 saturated heterocycles. The summed E-state index contributed by atoms with van der Waals surface area (Å²) >= 11 is 1.51. The van der Waals surface area contributed by atoms with Crippen molar-refractivity contribution < 1.29 is 14.3 Å². The van der Waals surface area contributed by atoms with Crippen LogP contribution < -0.4 is 5.32 Å². The maximum atomic E-state index is 12.1. The van der Waals surface area contributed by atoms with E-state index in [4.69, 9.17) is 9.47 Å². The van der Waals surface area contributed by atoms with Gasteiger partial charge in [-0.2, -0.15) is 0 Å². The van der Waals surface area contributed by atoms with Crippen LogP contribution in [-0.4, -0.2) is 36.9 Å². The van der Waals surface area contributed by atoms with E-state index in [9.17, 15) is 4.79 Å². The predicted octanol–water partition coefficient (Wildman–Crippen LogP) is 2.23. The zero-order valence-electron chi connectivity index (χ0n) is 12.2. The SMILES string of the molecule is O=C(NC[C@H]1CCOCO1)c1csc(Cc2ccccc2)n1. The average molecular weight is 318 g/mol. The highest BCUT2D eigenvalue weighted by Crippen LogP contribution is 2.15. The van der Waals surface area contributed by atoms with Gasteiger partial charge in [0, 0.05) is 18.3 Å². The summed E-state index contributed by atoms with van der Waals surface area (Å²) in [7, 11) is 0. The van der Waals surface area contributed by atoms with Crippen molar-refractivity contribution in [3.8, 4) is 0 Å². The van der Waals surface area contributed by atoms with Crippen molar-refractivity contribution in [2.75, 3.05) is 19.9 Å². The third kappa shape index (κ3) is 4.13. The van der Waals surface area contributed by atoms with Gasteiger partial charge in [0.05, 0.1) is 17.7 Å². The molecule has 0 radical (unpaired) electrons. The Morgan fingerprint density at radius 2 is 2.23 bits per heavy atom. The van der Waals surface area contributed by atoms with E-state index in [1.165, 1.54) is 16.9 Å². The molecule has 0 spiro atoms. The van der Waals surface area contributed by atoms with Gasteiger partial charge in [0.2, 0.25) is 0 Å². The van der Waals surface area contributed by atoms with Crippen LogP contribution in [0.25, 0.3) is 0 Å². The van der Waals surface area contributed by atoms with Gasteiger partial charge in [-0.05, 0) is 12.0 Å². The molecule has 1 atom stereocenters. The number of rotatable bonds is 5. The van der Waals surface area contributed by atoms with Crippen molar-refractivity contribution in [3.05, 3.63) is 52.0 Å². The Bertz CT molecular complexity index is 609. The topological polar surface area (TPSA) is 60.5 Å². The van der Waals surface area contributed by atoms with Gasteiger partial charge in [0.25, 0.3) is 5.91 Å². The maximum Gasteiger partial charge on any atom is 0.270 e. The second-order valence-electron chi connectivity index (χ2n) is 5.10. The van der Waals surface area contributed by atoms with Gasteiger partial charge in [-0.15, -0.1) is 11.3 Å². The van der Waals surface area contributed by atoms with Crippen LogP contribution in [-0.2, 0) is 15.9 Å². The Morgan fingerprint density at radius 3 is 3.00 bits per heavy atom. The molecule has 1 N–H and O–H groups in total. The summed E-state index contributed by atoms with van der Waals surface area (Å²) in [6.07, 6.45) is 1.58. The number of amides is 1. The van der Waals surface area contributed by atoms with Crippen molar-refractivity contribution in [2.45, 2.75) is 18.9 Å². The Morgan fingerprint density at radius 1 is 1.36 bits per heavy atom. The fraction of sp³-hybridized carbons (Fsp3) is 0.375. The first-order chi connectivity index (χ1) is 10.8. The lowest BCUT2D eigenvalue weighted by Gasteiger charge is -2.22. The van der Waals surface area contributed by atoms with Crippen molar-refractivity contribution in [1.82, 2.24) is 10.3 Å². The van der Waals surface area contributed by atoms with Crippen molar-refractivity contribution in [1.29, 1.82) is 0 Å². The van der Waals surface area contributed by atoms with Crippen LogP contribution in [0.15, 0.2) is 35.7 Å². The van der Waals surface area contributed by atoms with E-state index >= 15 is 0 Å². The lowest BCUT2D eigenvalue weighted by molar-refractivity contribution is -0.136. The minimum Gasteiger partial charge on any atom is -0.355 e. The zero-order chi connectivity index (χ0) is 15.2. The number of aromatic nitrogens is 1. The lowest BCUT2D eigenvalue weighted by atomic mass is 10.2. The molecule has 3 rings (SSSR count). The molecule has 1 aliphatic heterocycles. The van der Waals surface area contributed by atoms with Crippen LogP contribution >= 0.6 is 11.3 Å². The number of nitrogens with zero attached hydrogens (tertiary/aromatic N) is 1. The largest absolute Gasteiger partial charge is 0.355 e. The van der Waals surface area contributed by atoms with E-state index in [0.717, 1.165) is 17.8 Å². The predicted molar refractivity (Wildman–Crippen MR) is 84.0 cm³/mol. The van der Waals surface area contributed by atoms with E-state index in [-0.39, 0.29) is 12.0 Å². The number of thiazole rings is 1. The van der Waals surface area contributed by atoms with Gasteiger partial charge in [-0.25, -0.2) is 4.98 Å². The molecule has 116 valence electrons. The van der Waals surface area contributed by atoms with Crippen LogP contribution in [0.4, 0.5) is 0 Å².